The summed E-state index contributed by atoms with van der Waals surface area (Å²) in [6.45, 7) is -2.36. The Balaban J connectivity index is 2.22. The van der Waals surface area contributed by atoms with Crippen LogP contribution in [0.1, 0.15) is 10.5 Å². The second-order valence-corrected chi connectivity index (χ2v) is 3.83. The maximum Gasteiger partial charge on any atom is 0.356 e. The van der Waals surface area contributed by atoms with E-state index in [9.17, 15) is 22.4 Å². The third kappa shape index (κ3) is 1.95. The van der Waals surface area contributed by atoms with Crippen molar-refractivity contribution in [3.05, 3.63) is 18.1 Å². The molecule has 1 saturated heterocycles. The topological polar surface area (TPSA) is 66.3 Å². The summed E-state index contributed by atoms with van der Waals surface area (Å²) in [5.41, 5.74) is -0.392. The number of carboxylic acid groups (broad SMARTS) is 1. The Morgan fingerprint density at radius 1 is 1.17 bits per heavy atom. The lowest BCUT2D eigenvalue weighted by molar-refractivity contribution is -0.172. The predicted octanol–water partition coefficient (Wildman–Crippen LogP) is 1.27. The van der Waals surface area contributed by atoms with E-state index < -0.39 is 36.6 Å². The second-order valence-electron chi connectivity index (χ2n) is 3.83. The van der Waals surface area contributed by atoms with E-state index in [0.29, 0.717) is 4.90 Å². The summed E-state index contributed by atoms with van der Waals surface area (Å²) < 4.78 is 51.7. The molecule has 2 heterocycles. The van der Waals surface area contributed by atoms with Crippen LogP contribution < -0.4 is 4.90 Å². The molecule has 1 aromatic rings. The smallest absolute Gasteiger partial charge is 0.356 e. The third-order valence-electron chi connectivity index (χ3n) is 2.50. The van der Waals surface area contributed by atoms with Gasteiger partial charge in [0.25, 0.3) is 0 Å². The van der Waals surface area contributed by atoms with Gasteiger partial charge in [-0.15, -0.1) is 0 Å². The Labute approximate surface area is 98.1 Å². The molecule has 0 atom stereocenters. The highest BCUT2D eigenvalue weighted by atomic mass is 19.3. The van der Waals surface area contributed by atoms with Crippen molar-refractivity contribution in [3.63, 3.8) is 0 Å². The molecular weight excluding hydrogens is 258 g/mol. The molecule has 0 radical (unpaired) electrons. The van der Waals surface area contributed by atoms with Gasteiger partial charge in [0.05, 0.1) is 25.5 Å². The highest BCUT2D eigenvalue weighted by molar-refractivity contribution is 5.84. The molecule has 0 unspecified atom stereocenters. The van der Waals surface area contributed by atoms with Crippen molar-refractivity contribution in [1.29, 1.82) is 0 Å². The average molecular weight is 265 g/mol. The summed E-state index contributed by atoms with van der Waals surface area (Å²) >= 11 is 0. The minimum absolute atomic E-state index is 0.211. The van der Waals surface area contributed by atoms with E-state index in [4.69, 9.17) is 5.11 Å². The van der Waals surface area contributed by atoms with E-state index in [1.54, 1.807) is 0 Å². The number of nitrogens with zero attached hydrogens (tertiary/aromatic N) is 3. The number of carbonyl (C=O) groups is 1. The molecule has 0 bridgehead atoms. The van der Waals surface area contributed by atoms with Gasteiger partial charge in [0.15, 0.2) is 5.69 Å². The van der Waals surface area contributed by atoms with Crippen molar-refractivity contribution in [2.45, 2.75) is 11.8 Å². The number of aromatic carboxylic acids is 1. The lowest BCUT2D eigenvalue weighted by Gasteiger charge is -2.14. The summed E-state index contributed by atoms with van der Waals surface area (Å²) in [6.07, 6.45) is 1.70. The number of hydrogen-bond donors (Lipinski definition) is 1. The summed E-state index contributed by atoms with van der Waals surface area (Å²) in [6, 6.07) is 0. The molecule has 98 valence electrons. The minimum atomic E-state index is -4.14. The van der Waals surface area contributed by atoms with Crippen LogP contribution in [0, 0.1) is 0 Å². The Hall–Kier alpha value is -1.93. The number of carboxylic acids is 1. The number of aromatic nitrogens is 2. The molecule has 1 aliphatic heterocycles. The fourth-order valence-corrected chi connectivity index (χ4v) is 1.52. The summed E-state index contributed by atoms with van der Waals surface area (Å²) in [5, 5.41) is 8.55. The molecular formula is C9H7F4N3O2. The lowest BCUT2D eigenvalue weighted by atomic mass is 10.2. The first-order valence-electron chi connectivity index (χ1n) is 4.79. The standard InChI is InChI=1S/C9H7F4N3O2/c10-8(11)3-16(4-9(8,12)13)6-2-14-5(1-15-6)7(17)18/h1-2H,3-4H2,(H,17,18). The molecule has 1 N–H and O–H groups in total. The Morgan fingerprint density at radius 3 is 2.11 bits per heavy atom. The van der Waals surface area contributed by atoms with Crippen molar-refractivity contribution < 1.29 is 27.5 Å². The van der Waals surface area contributed by atoms with Crippen LogP contribution in [-0.4, -0.2) is 46.0 Å². The van der Waals surface area contributed by atoms with Crippen LogP contribution in [-0.2, 0) is 0 Å². The highest BCUT2D eigenvalue weighted by Crippen LogP contribution is 2.41. The highest BCUT2D eigenvalue weighted by Gasteiger charge is 2.63. The molecule has 5 nitrogen and oxygen atoms in total. The van der Waals surface area contributed by atoms with Gasteiger partial charge < -0.3 is 10.0 Å². The Bertz CT molecular complexity index is 461. The quantitative estimate of drug-likeness (QED) is 0.815. The normalized spacial score (nSPS) is 21.0. The summed E-state index contributed by atoms with van der Waals surface area (Å²) in [7, 11) is 0. The molecule has 0 aromatic carbocycles. The number of rotatable bonds is 2. The van der Waals surface area contributed by atoms with Crippen LogP contribution in [0.15, 0.2) is 12.4 Å². The molecule has 0 spiro atoms. The van der Waals surface area contributed by atoms with Crippen molar-refractivity contribution in [2.24, 2.45) is 0 Å². The van der Waals surface area contributed by atoms with Crippen molar-refractivity contribution in [2.75, 3.05) is 18.0 Å². The molecule has 1 aliphatic rings. The SMILES string of the molecule is O=C(O)c1cnc(N2CC(F)(F)C(F)(F)C2)cn1. The van der Waals surface area contributed by atoms with Crippen LogP contribution in [0.4, 0.5) is 23.4 Å². The molecule has 0 aliphatic carbocycles. The van der Waals surface area contributed by atoms with Crippen molar-refractivity contribution >= 4 is 11.8 Å². The summed E-state index contributed by atoms with van der Waals surface area (Å²) in [4.78, 5) is 18.1. The van der Waals surface area contributed by atoms with Gasteiger partial charge in [-0.3, -0.25) is 0 Å². The van der Waals surface area contributed by atoms with Gasteiger partial charge in [-0.1, -0.05) is 0 Å². The van der Waals surface area contributed by atoms with Gasteiger partial charge in [-0.25, -0.2) is 14.8 Å². The third-order valence-corrected chi connectivity index (χ3v) is 2.50. The van der Waals surface area contributed by atoms with Crippen molar-refractivity contribution in [1.82, 2.24) is 9.97 Å². The molecule has 0 saturated carbocycles. The first-order chi connectivity index (χ1) is 8.23. The fourth-order valence-electron chi connectivity index (χ4n) is 1.52. The lowest BCUT2D eigenvalue weighted by Crippen LogP contribution is -2.38. The number of anilines is 1. The second kappa shape index (κ2) is 3.79. The Kier molecular flexibility index (Phi) is 2.63. The zero-order valence-corrected chi connectivity index (χ0v) is 8.78. The Morgan fingerprint density at radius 2 is 1.72 bits per heavy atom. The predicted molar refractivity (Wildman–Crippen MR) is 51.1 cm³/mol. The van der Waals surface area contributed by atoms with Crippen molar-refractivity contribution in [3.8, 4) is 0 Å². The zero-order valence-electron chi connectivity index (χ0n) is 8.78. The van der Waals surface area contributed by atoms with Crippen LogP contribution >= 0.6 is 0 Å². The van der Waals surface area contributed by atoms with E-state index in [-0.39, 0.29) is 5.82 Å². The van der Waals surface area contributed by atoms with E-state index in [0.717, 1.165) is 12.4 Å². The van der Waals surface area contributed by atoms with E-state index in [1.807, 2.05) is 0 Å². The minimum Gasteiger partial charge on any atom is -0.476 e. The van der Waals surface area contributed by atoms with Gasteiger partial charge in [-0.05, 0) is 0 Å². The van der Waals surface area contributed by atoms with Gasteiger partial charge in [0, 0.05) is 0 Å². The van der Waals surface area contributed by atoms with Gasteiger partial charge in [-0.2, -0.15) is 17.6 Å². The molecule has 2 rings (SSSR count). The average Bonchev–Trinajstić information content (AvgIpc) is 2.48. The zero-order chi connectivity index (χ0) is 13.6. The first kappa shape index (κ1) is 12.5. The fraction of sp³-hybridized carbons (Fsp3) is 0.444. The molecule has 18 heavy (non-hydrogen) atoms. The van der Waals surface area contributed by atoms with Gasteiger partial charge in [0.2, 0.25) is 0 Å². The van der Waals surface area contributed by atoms with Crippen LogP contribution in [0.2, 0.25) is 0 Å². The number of alkyl halides is 4. The van der Waals surface area contributed by atoms with Crippen LogP contribution in [0.5, 0.6) is 0 Å². The molecule has 9 heteroatoms. The first-order valence-corrected chi connectivity index (χ1v) is 4.79. The number of halogens is 4. The molecule has 1 fully saturated rings. The molecule has 0 amide bonds. The molecule has 1 aromatic heterocycles. The monoisotopic (exact) mass is 265 g/mol. The van der Waals surface area contributed by atoms with E-state index in [1.165, 1.54) is 0 Å². The summed E-state index contributed by atoms with van der Waals surface area (Å²) in [5.74, 6) is -9.83. The number of hydrogen-bond acceptors (Lipinski definition) is 4. The van der Waals surface area contributed by atoms with Gasteiger partial charge >= 0.3 is 17.8 Å². The van der Waals surface area contributed by atoms with Crippen LogP contribution in [0.3, 0.4) is 0 Å². The van der Waals surface area contributed by atoms with E-state index >= 15 is 0 Å². The van der Waals surface area contributed by atoms with E-state index in [2.05, 4.69) is 9.97 Å². The maximum atomic E-state index is 12.9. The largest absolute Gasteiger partial charge is 0.476 e. The van der Waals surface area contributed by atoms with Crippen LogP contribution in [0.25, 0.3) is 0 Å². The maximum absolute atomic E-state index is 12.9. The van der Waals surface area contributed by atoms with Gasteiger partial charge in [0.1, 0.15) is 5.82 Å².